The van der Waals surface area contributed by atoms with Crippen molar-refractivity contribution < 1.29 is 10.2 Å². The standard InChI is InChI=1S/C11H14O2/c12-10-6-2-1-3-5-4(2)8(10)9(5)11(13)7(3)6/h2-13H,1H2/t2-,3-,4-,5+,6-,7-,8+,9-,10+,11-/m1/s1. The van der Waals surface area contributed by atoms with Crippen LogP contribution in [0.25, 0.3) is 0 Å². The highest BCUT2D eigenvalue weighted by atomic mass is 16.3. The van der Waals surface area contributed by atoms with Crippen LogP contribution in [0.1, 0.15) is 6.42 Å². The van der Waals surface area contributed by atoms with Gasteiger partial charge in [-0.3, -0.25) is 0 Å². The van der Waals surface area contributed by atoms with Gasteiger partial charge in [-0.05, 0) is 53.8 Å². The molecule has 0 heterocycles. The van der Waals surface area contributed by atoms with Crippen molar-refractivity contribution in [3.63, 3.8) is 0 Å². The van der Waals surface area contributed by atoms with Crippen LogP contribution in [0.4, 0.5) is 0 Å². The summed E-state index contributed by atoms with van der Waals surface area (Å²) in [6.45, 7) is 0. The number of rotatable bonds is 0. The molecule has 0 radical (unpaired) electrons. The molecule has 5 fully saturated rings. The Morgan fingerprint density at radius 3 is 1.54 bits per heavy atom. The average Bonchev–Trinajstić information content (AvgIpc) is 2.52. The molecule has 5 aliphatic rings. The number of hydrogen-bond acceptors (Lipinski definition) is 2. The van der Waals surface area contributed by atoms with E-state index in [1.54, 1.807) is 0 Å². The summed E-state index contributed by atoms with van der Waals surface area (Å²) in [4.78, 5) is 0. The lowest BCUT2D eigenvalue weighted by atomic mass is 9.58. The zero-order chi connectivity index (χ0) is 8.48. The normalized spacial score (nSPS) is 85.4. The van der Waals surface area contributed by atoms with E-state index in [4.69, 9.17) is 0 Å². The summed E-state index contributed by atoms with van der Waals surface area (Å²) < 4.78 is 0. The van der Waals surface area contributed by atoms with Gasteiger partial charge in [0.1, 0.15) is 0 Å². The number of aliphatic hydroxyl groups excluding tert-OH is 2. The second kappa shape index (κ2) is 1.49. The van der Waals surface area contributed by atoms with E-state index in [2.05, 4.69) is 0 Å². The lowest BCUT2D eigenvalue weighted by molar-refractivity contribution is -0.109. The molecule has 0 aromatic rings. The van der Waals surface area contributed by atoms with Crippen LogP contribution in [-0.4, -0.2) is 22.4 Å². The highest BCUT2D eigenvalue weighted by Gasteiger charge is 2.83. The molecular weight excluding hydrogens is 164 g/mol. The Hall–Kier alpha value is -0.0800. The highest BCUT2D eigenvalue weighted by Crippen LogP contribution is 2.82. The van der Waals surface area contributed by atoms with E-state index in [1.807, 2.05) is 0 Å². The Labute approximate surface area is 76.9 Å². The molecule has 0 saturated heterocycles. The van der Waals surface area contributed by atoms with E-state index < -0.39 is 0 Å². The highest BCUT2D eigenvalue weighted by molar-refractivity contribution is 5.30. The molecule has 0 aromatic heterocycles. The molecule has 5 aliphatic carbocycles. The first-order valence-corrected chi connectivity index (χ1v) is 5.67. The third-order valence-electron chi connectivity index (χ3n) is 6.32. The summed E-state index contributed by atoms with van der Waals surface area (Å²) in [6, 6.07) is 0. The van der Waals surface area contributed by atoms with Gasteiger partial charge in [0.2, 0.25) is 0 Å². The summed E-state index contributed by atoms with van der Waals surface area (Å²) in [5.41, 5.74) is 0. The molecule has 2 heteroatoms. The monoisotopic (exact) mass is 178 g/mol. The molecule has 5 rings (SSSR count). The van der Waals surface area contributed by atoms with Crippen molar-refractivity contribution >= 4 is 0 Å². The van der Waals surface area contributed by atoms with Crippen molar-refractivity contribution in [2.24, 2.45) is 47.3 Å². The SMILES string of the molecule is O[C@@H]1[C@@H]2[C@@H]3[C@H](O)[C@@H]4[C@@H]5C[C@H]([C@@H]2[C@H]53)[C@@H]14. The maximum absolute atomic E-state index is 10.1. The van der Waals surface area contributed by atoms with E-state index >= 15 is 0 Å². The van der Waals surface area contributed by atoms with Crippen LogP contribution in [0.15, 0.2) is 0 Å². The lowest BCUT2D eigenvalue weighted by Gasteiger charge is -2.47. The van der Waals surface area contributed by atoms with Crippen LogP contribution in [-0.2, 0) is 0 Å². The molecule has 5 saturated carbocycles. The van der Waals surface area contributed by atoms with Gasteiger partial charge in [-0.1, -0.05) is 0 Å². The number of aliphatic hydroxyl groups is 2. The van der Waals surface area contributed by atoms with Gasteiger partial charge in [0, 0.05) is 0 Å². The average molecular weight is 178 g/mol. The second-order valence-electron chi connectivity index (χ2n) is 6.01. The van der Waals surface area contributed by atoms with Gasteiger partial charge in [0.05, 0.1) is 12.2 Å². The molecule has 2 N–H and O–H groups in total. The minimum atomic E-state index is -0.0304. The maximum Gasteiger partial charge on any atom is 0.0609 e. The second-order valence-corrected chi connectivity index (χ2v) is 6.01. The Morgan fingerprint density at radius 1 is 0.615 bits per heavy atom. The third-order valence-corrected chi connectivity index (χ3v) is 6.32. The van der Waals surface area contributed by atoms with Gasteiger partial charge in [-0.25, -0.2) is 0 Å². The number of fused-ring (bicyclic) bond motifs is 2. The smallest absolute Gasteiger partial charge is 0.0609 e. The lowest BCUT2D eigenvalue weighted by Crippen LogP contribution is -2.51. The predicted octanol–water partition coefficient (Wildman–Crippen LogP) is 0.0959. The summed E-state index contributed by atoms with van der Waals surface area (Å²) in [5.74, 6) is 5.33. The minimum absolute atomic E-state index is 0.0304. The fourth-order valence-corrected chi connectivity index (χ4v) is 6.44. The van der Waals surface area contributed by atoms with Gasteiger partial charge in [0.15, 0.2) is 0 Å². The van der Waals surface area contributed by atoms with Gasteiger partial charge in [0.25, 0.3) is 0 Å². The predicted molar refractivity (Wildman–Crippen MR) is 44.6 cm³/mol. The van der Waals surface area contributed by atoms with Crippen molar-refractivity contribution in [2.75, 3.05) is 0 Å². The summed E-state index contributed by atoms with van der Waals surface area (Å²) in [6.07, 6.45) is 1.28. The molecule has 0 unspecified atom stereocenters. The summed E-state index contributed by atoms with van der Waals surface area (Å²) in [5, 5.41) is 20.2. The van der Waals surface area contributed by atoms with E-state index in [1.165, 1.54) is 6.42 Å². The van der Waals surface area contributed by atoms with Crippen molar-refractivity contribution in [3.8, 4) is 0 Å². The molecule has 0 amide bonds. The Morgan fingerprint density at radius 2 is 1.08 bits per heavy atom. The van der Waals surface area contributed by atoms with Gasteiger partial charge in [-0.15, -0.1) is 0 Å². The molecule has 70 valence electrons. The topological polar surface area (TPSA) is 40.5 Å². The first kappa shape index (κ1) is 6.41. The molecular formula is C11H14O2. The van der Waals surface area contributed by atoms with E-state index in [-0.39, 0.29) is 12.2 Å². The van der Waals surface area contributed by atoms with Crippen LogP contribution in [0.2, 0.25) is 0 Å². The largest absolute Gasteiger partial charge is 0.393 e. The molecule has 0 spiro atoms. The van der Waals surface area contributed by atoms with Gasteiger partial charge < -0.3 is 10.2 Å². The van der Waals surface area contributed by atoms with E-state index in [0.29, 0.717) is 23.7 Å². The quantitative estimate of drug-likeness (QED) is 0.552. The van der Waals surface area contributed by atoms with Crippen molar-refractivity contribution in [1.29, 1.82) is 0 Å². The van der Waals surface area contributed by atoms with Crippen molar-refractivity contribution in [2.45, 2.75) is 18.6 Å². The molecule has 2 nitrogen and oxygen atoms in total. The molecule has 0 aromatic carbocycles. The fourth-order valence-electron chi connectivity index (χ4n) is 6.44. The van der Waals surface area contributed by atoms with Crippen LogP contribution in [0.5, 0.6) is 0 Å². The number of hydrogen-bond donors (Lipinski definition) is 2. The van der Waals surface area contributed by atoms with Crippen LogP contribution in [0, 0.1) is 47.3 Å². The van der Waals surface area contributed by atoms with Crippen LogP contribution >= 0.6 is 0 Å². The Bertz CT molecular complexity index is 281. The Kier molecular flexibility index (Phi) is 0.733. The van der Waals surface area contributed by atoms with Crippen LogP contribution in [0.3, 0.4) is 0 Å². The van der Waals surface area contributed by atoms with Crippen molar-refractivity contribution in [3.05, 3.63) is 0 Å². The molecule has 13 heavy (non-hydrogen) atoms. The third kappa shape index (κ3) is 0.375. The molecule has 2 bridgehead atoms. The molecule has 10 atom stereocenters. The van der Waals surface area contributed by atoms with Gasteiger partial charge >= 0.3 is 0 Å². The summed E-state index contributed by atoms with van der Waals surface area (Å²) >= 11 is 0. The first-order chi connectivity index (χ1) is 6.30. The van der Waals surface area contributed by atoms with Crippen LogP contribution < -0.4 is 0 Å². The first-order valence-electron chi connectivity index (χ1n) is 5.67. The van der Waals surface area contributed by atoms with Crippen molar-refractivity contribution in [1.82, 2.24) is 0 Å². The maximum atomic E-state index is 10.1. The Balaban J connectivity index is 1.83. The van der Waals surface area contributed by atoms with E-state index in [9.17, 15) is 10.2 Å². The fraction of sp³-hybridized carbons (Fsp3) is 1.00. The minimum Gasteiger partial charge on any atom is -0.393 e. The summed E-state index contributed by atoms with van der Waals surface area (Å²) in [7, 11) is 0. The van der Waals surface area contributed by atoms with E-state index in [0.717, 1.165) is 23.7 Å². The van der Waals surface area contributed by atoms with Gasteiger partial charge in [-0.2, -0.15) is 0 Å². The molecule has 0 aliphatic heterocycles. The zero-order valence-corrected chi connectivity index (χ0v) is 7.38. The zero-order valence-electron chi connectivity index (χ0n) is 7.38.